The van der Waals surface area contributed by atoms with Crippen LogP contribution in [0.2, 0.25) is 0 Å². The van der Waals surface area contributed by atoms with E-state index in [1.807, 2.05) is 35.8 Å². The number of rotatable bonds is 6. The second kappa shape index (κ2) is 8.55. The van der Waals surface area contributed by atoms with Gasteiger partial charge in [-0.15, -0.1) is 0 Å². The zero-order valence-corrected chi connectivity index (χ0v) is 15.5. The standard InChI is InChI=1S/C20H19FN6O.CH4/c1-3-27-18-17(25-20(27)24-16-7-5-4-6-15(16)21)12-22-19(26-18)23-13-8-10-14(28-2)11-9-13;/h4-12H,3H2,1-2H3,(H,24,25)(H,22,23,26);1H4. The van der Waals surface area contributed by atoms with Gasteiger partial charge in [-0.3, -0.25) is 4.57 Å². The molecule has 2 N–H and O–H groups in total. The smallest absolute Gasteiger partial charge is 0.229 e. The molecule has 0 amide bonds. The molecule has 150 valence electrons. The summed E-state index contributed by atoms with van der Waals surface area (Å²) in [5.74, 6) is 1.39. The molecule has 0 unspecified atom stereocenters. The van der Waals surface area contributed by atoms with Crippen molar-refractivity contribution in [2.24, 2.45) is 0 Å². The first-order chi connectivity index (χ1) is 13.7. The number of nitrogens with zero attached hydrogens (tertiary/aromatic N) is 4. The van der Waals surface area contributed by atoms with Gasteiger partial charge in [-0.2, -0.15) is 4.98 Å². The highest BCUT2D eigenvalue weighted by Crippen LogP contribution is 2.24. The predicted octanol–water partition coefficient (Wildman–Crippen LogP) is 5.12. The number of methoxy groups -OCH3 is 1. The Labute approximate surface area is 168 Å². The van der Waals surface area contributed by atoms with Crippen LogP contribution in [0.3, 0.4) is 0 Å². The number of imidazole rings is 1. The number of aryl methyl sites for hydroxylation is 1. The zero-order valence-electron chi connectivity index (χ0n) is 15.5. The van der Waals surface area contributed by atoms with Crippen LogP contribution >= 0.6 is 0 Å². The quantitative estimate of drug-likeness (QED) is 0.473. The van der Waals surface area contributed by atoms with Gasteiger partial charge in [-0.05, 0) is 43.3 Å². The zero-order chi connectivity index (χ0) is 19.5. The van der Waals surface area contributed by atoms with Crippen molar-refractivity contribution in [3.8, 4) is 5.75 Å². The number of benzene rings is 2. The molecular weight excluding hydrogens is 371 g/mol. The van der Waals surface area contributed by atoms with E-state index in [1.165, 1.54) is 6.07 Å². The van der Waals surface area contributed by atoms with Gasteiger partial charge < -0.3 is 15.4 Å². The maximum absolute atomic E-state index is 14.0. The van der Waals surface area contributed by atoms with E-state index >= 15 is 0 Å². The normalized spacial score (nSPS) is 10.4. The monoisotopic (exact) mass is 394 g/mol. The molecule has 4 rings (SSSR count). The van der Waals surface area contributed by atoms with E-state index in [0.29, 0.717) is 35.3 Å². The van der Waals surface area contributed by atoms with Crippen molar-refractivity contribution < 1.29 is 9.13 Å². The van der Waals surface area contributed by atoms with Gasteiger partial charge in [-0.25, -0.2) is 14.4 Å². The van der Waals surface area contributed by atoms with Crippen LogP contribution in [0.4, 0.5) is 27.7 Å². The molecule has 7 nitrogen and oxygen atoms in total. The lowest BCUT2D eigenvalue weighted by atomic mass is 10.3. The molecule has 2 heterocycles. The number of hydrogen-bond donors (Lipinski definition) is 2. The molecule has 0 saturated heterocycles. The maximum atomic E-state index is 14.0. The van der Waals surface area contributed by atoms with Crippen molar-refractivity contribution in [2.45, 2.75) is 20.9 Å². The van der Waals surface area contributed by atoms with Gasteiger partial charge in [0.15, 0.2) is 5.65 Å². The molecule has 2 aromatic heterocycles. The summed E-state index contributed by atoms with van der Waals surface area (Å²) in [6.45, 7) is 2.60. The minimum atomic E-state index is -0.342. The Hall–Kier alpha value is -3.68. The minimum Gasteiger partial charge on any atom is -0.497 e. The molecule has 0 atom stereocenters. The lowest BCUT2D eigenvalue weighted by molar-refractivity contribution is 0.415. The maximum Gasteiger partial charge on any atom is 0.229 e. The second-order valence-corrected chi connectivity index (χ2v) is 6.04. The molecule has 0 bridgehead atoms. The summed E-state index contributed by atoms with van der Waals surface area (Å²) < 4.78 is 21.0. The number of fused-ring (bicyclic) bond motifs is 1. The molecule has 4 aromatic rings. The molecule has 0 spiro atoms. The molecule has 0 aliphatic heterocycles. The molecule has 0 fully saturated rings. The molecule has 0 aliphatic rings. The Morgan fingerprint density at radius 2 is 1.79 bits per heavy atom. The SMILES string of the molecule is C.CCn1c(Nc2ccccc2F)nc2cnc(Nc3ccc(OC)cc3)nc21. The van der Waals surface area contributed by atoms with E-state index < -0.39 is 0 Å². The fourth-order valence-electron chi connectivity index (χ4n) is 2.86. The largest absolute Gasteiger partial charge is 0.497 e. The molecule has 2 aromatic carbocycles. The van der Waals surface area contributed by atoms with E-state index in [9.17, 15) is 4.39 Å². The highest BCUT2D eigenvalue weighted by atomic mass is 19.1. The van der Waals surface area contributed by atoms with Gasteiger partial charge in [0, 0.05) is 12.2 Å². The Morgan fingerprint density at radius 1 is 1.03 bits per heavy atom. The molecule has 0 radical (unpaired) electrons. The lowest BCUT2D eigenvalue weighted by Crippen LogP contribution is -2.04. The number of hydrogen-bond acceptors (Lipinski definition) is 6. The summed E-state index contributed by atoms with van der Waals surface area (Å²) in [6.07, 6.45) is 1.65. The van der Waals surface area contributed by atoms with Crippen molar-refractivity contribution in [3.05, 3.63) is 60.5 Å². The Kier molecular flexibility index (Phi) is 5.92. The van der Waals surface area contributed by atoms with E-state index in [1.54, 1.807) is 31.5 Å². The minimum absolute atomic E-state index is 0. The summed E-state index contributed by atoms with van der Waals surface area (Å²) in [6, 6.07) is 14.0. The van der Waals surface area contributed by atoms with Crippen molar-refractivity contribution >= 4 is 34.4 Å². The number of ether oxygens (including phenoxy) is 1. The first-order valence-electron chi connectivity index (χ1n) is 8.84. The fourth-order valence-corrected chi connectivity index (χ4v) is 2.86. The Morgan fingerprint density at radius 3 is 2.48 bits per heavy atom. The van der Waals surface area contributed by atoms with Crippen LogP contribution in [-0.2, 0) is 6.54 Å². The summed E-state index contributed by atoms with van der Waals surface area (Å²) in [4.78, 5) is 13.4. The molecular formula is C21H23FN6O. The van der Waals surface area contributed by atoms with Crippen molar-refractivity contribution in [1.29, 1.82) is 0 Å². The van der Waals surface area contributed by atoms with Crippen LogP contribution in [-0.4, -0.2) is 26.6 Å². The molecule has 29 heavy (non-hydrogen) atoms. The number of nitrogens with one attached hydrogen (secondary N) is 2. The number of halogens is 1. The van der Waals surface area contributed by atoms with Gasteiger partial charge in [0.05, 0.1) is 19.0 Å². The number of anilines is 4. The summed E-state index contributed by atoms with van der Waals surface area (Å²) in [7, 11) is 1.62. The summed E-state index contributed by atoms with van der Waals surface area (Å²) in [5.41, 5.74) is 2.48. The van der Waals surface area contributed by atoms with Gasteiger partial charge in [0.25, 0.3) is 0 Å². The van der Waals surface area contributed by atoms with Gasteiger partial charge in [0.1, 0.15) is 17.1 Å². The molecule has 0 aliphatic carbocycles. The number of para-hydroxylation sites is 1. The summed E-state index contributed by atoms with van der Waals surface area (Å²) in [5, 5.41) is 6.21. The van der Waals surface area contributed by atoms with Crippen LogP contribution in [0.5, 0.6) is 5.75 Å². The predicted molar refractivity (Wildman–Crippen MR) is 114 cm³/mol. The number of aromatic nitrogens is 4. The van der Waals surface area contributed by atoms with Gasteiger partial charge in [0.2, 0.25) is 11.9 Å². The highest BCUT2D eigenvalue weighted by molar-refractivity contribution is 5.77. The third kappa shape index (κ3) is 4.11. The molecule has 8 heteroatoms. The van der Waals surface area contributed by atoms with Crippen molar-refractivity contribution in [2.75, 3.05) is 17.7 Å². The first-order valence-corrected chi connectivity index (χ1v) is 8.84. The summed E-state index contributed by atoms with van der Waals surface area (Å²) >= 11 is 0. The Bertz CT molecular complexity index is 1110. The third-order valence-corrected chi connectivity index (χ3v) is 4.27. The van der Waals surface area contributed by atoms with Crippen LogP contribution < -0.4 is 15.4 Å². The molecule has 0 saturated carbocycles. The first kappa shape index (κ1) is 20.1. The van der Waals surface area contributed by atoms with Crippen LogP contribution in [0.1, 0.15) is 14.4 Å². The van der Waals surface area contributed by atoms with Crippen molar-refractivity contribution in [3.63, 3.8) is 0 Å². The van der Waals surface area contributed by atoms with E-state index in [-0.39, 0.29) is 13.2 Å². The lowest BCUT2D eigenvalue weighted by Gasteiger charge is -2.09. The fraction of sp³-hybridized carbons (Fsp3) is 0.190. The average Bonchev–Trinajstić information content (AvgIpc) is 3.06. The van der Waals surface area contributed by atoms with Gasteiger partial charge >= 0.3 is 0 Å². The second-order valence-electron chi connectivity index (χ2n) is 6.04. The Balaban J connectivity index is 0.00000240. The van der Waals surface area contributed by atoms with Crippen LogP contribution in [0.15, 0.2) is 54.7 Å². The highest BCUT2D eigenvalue weighted by Gasteiger charge is 2.14. The van der Waals surface area contributed by atoms with E-state index in [2.05, 4.69) is 25.6 Å². The van der Waals surface area contributed by atoms with Gasteiger partial charge in [-0.1, -0.05) is 19.6 Å². The third-order valence-electron chi connectivity index (χ3n) is 4.27. The van der Waals surface area contributed by atoms with E-state index in [0.717, 1.165) is 11.4 Å². The average molecular weight is 394 g/mol. The van der Waals surface area contributed by atoms with Crippen LogP contribution in [0.25, 0.3) is 11.2 Å². The topological polar surface area (TPSA) is 76.9 Å². The van der Waals surface area contributed by atoms with E-state index in [4.69, 9.17) is 4.74 Å². The van der Waals surface area contributed by atoms with Crippen LogP contribution in [0, 0.1) is 5.82 Å². The van der Waals surface area contributed by atoms with Crippen molar-refractivity contribution in [1.82, 2.24) is 19.5 Å².